The van der Waals surface area contributed by atoms with Crippen molar-refractivity contribution < 1.29 is 9.59 Å². The van der Waals surface area contributed by atoms with E-state index in [4.69, 9.17) is 17.3 Å². The Kier molecular flexibility index (Phi) is 6.63. The molecule has 25 heavy (non-hydrogen) atoms. The second-order valence-corrected chi connectivity index (χ2v) is 8.37. The van der Waals surface area contributed by atoms with Gasteiger partial charge in [0, 0.05) is 10.7 Å². The highest BCUT2D eigenvalue weighted by molar-refractivity contribution is 8.02. The maximum atomic E-state index is 12.1. The van der Waals surface area contributed by atoms with Crippen LogP contribution in [0.4, 0.5) is 15.6 Å². The first-order valence-electron chi connectivity index (χ1n) is 7.40. The predicted octanol–water partition coefficient (Wildman–Crippen LogP) is 3.56. The molecule has 1 aromatic heterocycles. The molecule has 7 nitrogen and oxygen atoms in total. The zero-order valence-corrected chi connectivity index (χ0v) is 16.3. The molecule has 0 radical (unpaired) electrons. The number of imide groups is 1. The molecule has 0 unspecified atom stereocenters. The van der Waals surface area contributed by atoms with Crippen molar-refractivity contribution in [1.29, 1.82) is 0 Å². The molecular weight excluding hydrogens is 382 g/mol. The maximum absolute atomic E-state index is 12.1. The van der Waals surface area contributed by atoms with E-state index in [2.05, 4.69) is 20.8 Å². The van der Waals surface area contributed by atoms with Crippen molar-refractivity contribution in [3.8, 4) is 0 Å². The topological polar surface area (TPSA) is 110 Å². The minimum atomic E-state index is -0.868. The number of aryl methyl sites for hydroxylation is 1. The number of primary amides is 1. The molecule has 4 N–H and O–H groups in total. The third-order valence-electron chi connectivity index (χ3n) is 3.17. The number of aromatic nitrogens is 2. The largest absolute Gasteiger partial charge is 0.351 e. The Morgan fingerprint density at radius 2 is 2.04 bits per heavy atom. The molecule has 1 atom stereocenters. The minimum Gasteiger partial charge on any atom is -0.351 e. The van der Waals surface area contributed by atoms with Gasteiger partial charge in [0.2, 0.25) is 11.0 Å². The summed E-state index contributed by atoms with van der Waals surface area (Å²) in [5, 5.41) is 14.1. The van der Waals surface area contributed by atoms with Gasteiger partial charge in [-0.25, -0.2) is 4.79 Å². The van der Waals surface area contributed by atoms with Crippen LogP contribution >= 0.6 is 34.7 Å². The number of carbonyl (C=O) groups excluding carboxylic acids is 2. The van der Waals surface area contributed by atoms with Crippen molar-refractivity contribution in [2.24, 2.45) is 11.7 Å². The van der Waals surface area contributed by atoms with Crippen molar-refractivity contribution in [1.82, 2.24) is 15.5 Å². The summed E-state index contributed by atoms with van der Waals surface area (Å²) in [4.78, 5) is 22.9. The molecular formula is C15H18ClN5O2S2. The Balaban J connectivity index is 2.07. The number of urea groups is 1. The molecule has 2 rings (SSSR count). The van der Waals surface area contributed by atoms with E-state index in [0.29, 0.717) is 14.5 Å². The van der Waals surface area contributed by atoms with Gasteiger partial charge in [0.15, 0.2) is 4.34 Å². The van der Waals surface area contributed by atoms with Crippen molar-refractivity contribution >= 4 is 57.5 Å². The van der Waals surface area contributed by atoms with Gasteiger partial charge in [-0.15, -0.1) is 10.2 Å². The monoisotopic (exact) mass is 399 g/mol. The highest BCUT2D eigenvalue weighted by Gasteiger charge is 2.26. The fourth-order valence-electron chi connectivity index (χ4n) is 1.90. The highest BCUT2D eigenvalue weighted by atomic mass is 35.5. The Morgan fingerprint density at radius 1 is 1.32 bits per heavy atom. The Bertz CT molecular complexity index is 781. The third-order valence-corrected chi connectivity index (χ3v) is 6.04. The number of thioether (sulfide) groups is 1. The van der Waals surface area contributed by atoms with Crippen LogP contribution in [0.15, 0.2) is 22.5 Å². The zero-order chi connectivity index (χ0) is 18.6. The van der Waals surface area contributed by atoms with E-state index in [1.807, 2.05) is 39.0 Å². The van der Waals surface area contributed by atoms with Gasteiger partial charge in [-0.1, -0.05) is 54.6 Å². The van der Waals surface area contributed by atoms with Crippen LogP contribution in [0.25, 0.3) is 0 Å². The van der Waals surface area contributed by atoms with Gasteiger partial charge in [0.1, 0.15) is 0 Å². The van der Waals surface area contributed by atoms with E-state index in [1.165, 1.54) is 23.1 Å². The molecule has 0 saturated heterocycles. The van der Waals surface area contributed by atoms with Crippen molar-refractivity contribution in [2.45, 2.75) is 30.4 Å². The zero-order valence-electron chi connectivity index (χ0n) is 13.9. The molecule has 1 aromatic carbocycles. The summed E-state index contributed by atoms with van der Waals surface area (Å²) in [6.45, 7) is 5.69. The molecule has 0 aliphatic heterocycles. The maximum Gasteiger partial charge on any atom is 0.318 e. The lowest BCUT2D eigenvalue weighted by Crippen LogP contribution is -2.42. The van der Waals surface area contributed by atoms with Crippen LogP contribution in [0.1, 0.15) is 19.4 Å². The molecule has 0 spiro atoms. The number of hydrogen-bond donors (Lipinski definition) is 3. The lowest BCUT2D eigenvalue weighted by Gasteiger charge is -2.16. The molecule has 0 fully saturated rings. The first-order chi connectivity index (χ1) is 11.8. The average molecular weight is 400 g/mol. The number of halogens is 1. The smallest absolute Gasteiger partial charge is 0.318 e. The Morgan fingerprint density at radius 3 is 2.64 bits per heavy atom. The number of benzene rings is 1. The summed E-state index contributed by atoms with van der Waals surface area (Å²) in [6.07, 6.45) is 0. The molecule has 1 heterocycles. The number of anilines is 2. The predicted molar refractivity (Wildman–Crippen MR) is 102 cm³/mol. The molecule has 3 amide bonds. The summed E-state index contributed by atoms with van der Waals surface area (Å²) in [5.41, 5.74) is 6.80. The average Bonchev–Trinajstić information content (AvgIpc) is 2.94. The number of amides is 3. The summed E-state index contributed by atoms with van der Waals surface area (Å²) in [6, 6.07) is 4.74. The van der Waals surface area contributed by atoms with Crippen LogP contribution in [0.5, 0.6) is 0 Å². The highest BCUT2D eigenvalue weighted by Crippen LogP contribution is 2.33. The van der Waals surface area contributed by atoms with Gasteiger partial charge in [-0.3, -0.25) is 10.1 Å². The second kappa shape index (κ2) is 8.50. The van der Waals surface area contributed by atoms with E-state index in [-0.39, 0.29) is 5.92 Å². The summed E-state index contributed by atoms with van der Waals surface area (Å²) < 4.78 is 0.610. The Labute approximate surface area is 158 Å². The van der Waals surface area contributed by atoms with Gasteiger partial charge >= 0.3 is 6.03 Å². The first kappa shape index (κ1) is 19.5. The summed E-state index contributed by atoms with van der Waals surface area (Å²) in [7, 11) is 0. The fraction of sp³-hybridized carbons (Fsp3) is 0.333. The van der Waals surface area contributed by atoms with Gasteiger partial charge in [-0.2, -0.15) is 0 Å². The van der Waals surface area contributed by atoms with Gasteiger partial charge < -0.3 is 11.1 Å². The SMILES string of the molecule is Cc1ccc(Nc2nnc(S[C@@H](C(=O)NC(N)=O)C(C)C)s2)cc1Cl. The van der Waals surface area contributed by atoms with E-state index in [0.717, 1.165) is 11.3 Å². The number of carbonyl (C=O) groups is 2. The lowest BCUT2D eigenvalue weighted by molar-refractivity contribution is -0.120. The minimum absolute atomic E-state index is 0.0134. The molecule has 0 bridgehead atoms. The molecule has 0 aliphatic rings. The van der Waals surface area contributed by atoms with Crippen LogP contribution in [0.2, 0.25) is 5.02 Å². The van der Waals surface area contributed by atoms with E-state index < -0.39 is 17.2 Å². The van der Waals surface area contributed by atoms with E-state index in [1.54, 1.807) is 0 Å². The van der Waals surface area contributed by atoms with Gasteiger partial charge in [0.05, 0.1) is 5.25 Å². The van der Waals surface area contributed by atoms with E-state index >= 15 is 0 Å². The molecule has 0 aliphatic carbocycles. The van der Waals surface area contributed by atoms with Crippen LogP contribution in [-0.2, 0) is 4.79 Å². The van der Waals surface area contributed by atoms with Crippen LogP contribution in [0, 0.1) is 12.8 Å². The quantitative estimate of drug-likeness (QED) is 0.640. The van der Waals surface area contributed by atoms with Gasteiger partial charge in [0.25, 0.3) is 0 Å². The fourth-order valence-corrected chi connectivity index (χ4v) is 4.06. The number of rotatable bonds is 6. The van der Waals surface area contributed by atoms with E-state index in [9.17, 15) is 9.59 Å². The molecule has 134 valence electrons. The third kappa shape index (κ3) is 5.58. The van der Waals surface area contributed by atoms with Crippen LogP contribution in [0.3, 0.4) is 0 Å². The Hall–Kier alpha value is -1.84. The van der Waals surface area contributed by atoms with Gasteiger partial charge in [-0.05, 0) is 30.5 Å². The molecule has 0 saturated carbocycles. The normalized spacial score (nSPS) is 12.0. The van der Waals surface area contributed by atoms with Crippen molar-refractivity contribution in [2.75, 3.05) is 5.32 Å². The lowest BCUT2D eigenvalue weighted by atomic mass is 10.1. The second-order valence-electron chi connectivity index (χ2n) is 5.60. The number of nitrogens with one attached hydrogen (secondary N) is 2. The van der Waals surface area contributed by atoms with Crippen LogP contribution in [-0.4, -0.2) is 27.4 Å². The standard InChI is InChI=1S/C15H18ClN5O2S2/c1-7(2)11(12(22)19-13(17)23)24-15-21-20-14(25-15)18-9-5-4-8(3)10(16)6-9/h4-7,11H,1-3H3,(H,18,20)(H3,17,19,22,23)/t11-/m1/s1. The number of nitrogens with two attached hydrogens (primary N) is 1. The molecule has 10 heteroatoms. The van der Waals surface area contributed by atoms with Crippen molar-refractivity contribution in [3.63, 3.8) is 0 Å². The summed E-state index contributed by atoms with van der Waals surface area (Å²) >= 11 is 8.66. The van der Waals surface area contributed by atoms with Crippen molar-refractivity contribution in [3.05, 3.63) is 28.8 Å². The number of hydrogen-bond acceptors (Lipinski definition) is 7. The number of nitrogens with zero attached hydrogens (tertiary/aromatic N) is 2. The molecule has 2 aromatic rings. The van der Waals surface area contributed by atoms with Crippen LogP contribution < -0.4 is 16.4 Å². The summed E-state index contributed by atoms with van der Waals surface area (Å²) in [5.74, 6) is -0.455. The first-order valence-corrected chi connectivity index (χ1v) is 9.47.